The molecule has 0 spiro atoms. The van der Waals surface area contributed by atoms with Crippen molar-refractivity contribution in [3.05, 3.63) is 50.9 Å². The molecule has 0 aliphatic rings. The number of amides is 1. The van der Waals surface area contributed by atoms with Crippen molar-refractivity contribution in [1.82, 2.24) is 10.3 Å². The highest BCUT2D eigenvalue weighted by Gasteiger charge is 2.15. The number of carbonyl (C=O) groups excluding carboxylic acids is 1. The zero-order valence-electron chi connectivity index (χ0n) is 9.62. The van der Waals surface area contributed by atoms with Gasteiger partial charge in [-0.1, -0.05) is 11.6 Å². The van der Waals surface area contributed by atoms with Crippen molar-refractivity contribution < 1.29 is 13.6 Å². The van der Waals surface area contributed by atoms with Crippen LogP contribution in [-0.4, -0.2) is 17.4 Å². The summed E-state index contributed by atoms with van der Waals surface area (Å²) in [6.07, 6.45) is 1.63. The maximum Gasteiger partial charge on any atom is 0.254 e. The Bertz CT molecular complexity index is 603. The van der Waals surface area contributed by atoms with Crippen molar-refractivity contribution in [3.8, 4) is 0 Å². The van der Waals surface area contributed by atoms with Crippen LogP contribution in [0.5, 0.6) is 0 Å². The zero-order valence-corrected chi connectivity index (χ0v) is 11.2. The van der Waals surface area contributed by atoms with Crippen LogP contribution < -0.4 is 5.32 Å². The van der Waals surface area contributed by atoms with Gasteiger partial charge in [0.2, 0.25) is 5.95 Å². The second-order valence-corrected chi connectivity index (χ2v) is 5.47. The lowest BCUT2D eigenvalue weighted by Gasteiger charge is -2.05. The third-order valence-electron chi connectivity index (χ3n) is 2.38. The monoisotopic (exact) mass is 302 g/mol. The molecule has 1 N–H and O–H groups in total. The predicted molar refractivity (Wildman–Crippen MR) is 69.5 cm³/mol. The molecule has 0 unspecified atom stereocenters. The second-order valence-electron chi connectivity index (χ2n) is 3.68. The van der Waals surface area contributed by atoms with Crippen LogP contribution in [0.4, 0.5) is 8.78 Å². The molecule has 2 aromatic rings. The van der Waals surface area contributed by atoms with E-state index in [0.717, 1.165) is 17.1 Å². The first-order valence-corrected chi connectivity index (χ1v) is 6.60. The third-order valence-corrected chi connectivity index (χ3v) is 3.67. The van der Waals surface area contributed by atoms with Gasteiger partial charge < -0.3 is 5.32 Å². The van der Waals surface area contributed by atoms with Crippen LogP contribution in [0.15, 0.2) is 24.4 Å². The van der Waals surface area contributed by atoms with Crippen molar-refractivity contribution in [2.24, 2.45) is 0 Å². The van der Waals surface area contributed by atoms with E-state index >= 15 is 0 Å². The van der Waals surface area contributed by atoms with Crippen LogP contribution in [0.2, 0.25) is 4.34 Å². The molecule has 0 saturated carbocycles. The first kappa shape index (κ1) is 13.9. The molecular weight excluding hydrogens is 294 g/mol. The van der Waals surface area contributed by atoms with Gasteiger partial charge in [0.15, 0.2) is 5.82 Å². The lowest BCUT2D eigenvalue weighted by Crippen LogP contribution is -2.26. The molecule has 0 aromatic carbocycles. The number of rotatable bonds is 4. The molecule has 7 heteroatoms. The topological polar surface area (TPSA) is 42.0 Å². The Hall–Kier alpha value is -1.53. The molecule has 100 valence electrons. The number of carbonyl (C=O) groups is 1. The van der Waals surface area contributed by atoms with E-state index in [9.17, 15) is 13.6 Å². The second kappa shape index (κ2) is 6.08. The minimum absolute atomic E-state index is 0.319. The molecule has 0 aliphatic carbocycles. The average Bonchev–Trinajstić information content (AvgIpc) is 2.78. The van der Waals surface area contributed by atoms with Crippen molar-refractivity contribution in [1.29, 1.82) is 0 Å². The van der Waals surface area contributed by atoms with E-state index in [4.69, 9.17) is 11.6 Å². The summed E-state index contributed by atoms with van der Waals surface area (Å²) in [4.78, 5) is 15.8. The molecule has 0 saturated heterocycles. The lowest BCUT2D eigenvalue weighted by molar-refractivity contribution is 0.0948. The smallest absolute Gasteiger partial charge is 0.254 e. The molecule has 0 aliphatic heterocycles. The number of hydrogen-bond acceptors (Lipinski definition) is 3. The van der Waals surface area contributed by atoms with E-state index in [1.807, 2.05) is 6.07 Å². The Morgan fingerprint density at radius 2 is 2.16 bits per heavy atom. The Morgan fingerprint density at radius 1 is 1.37 bits per heavy atom. The molecule has 2 heterocycles. The lowest BCUT2D eigenvalue weighted by atomic mass is 10.2. The van der Waals surface area contributed by atoms with Gasteiger partial charge >= 0.3 is 0 Å². The first-order chi connectivity index (χ1) is 9.08. The van der Waals surface area contributed by atoms with Gasteiger partial charge in [0.1, 0.15) is 0 Å². The summed E-state index contributed by atoms with van der Waals surface area (Å²) in [5.74, 6) is -3.18. The number of aromatic nitrogens is 1. The molecule has 0 bridgehead atoms. The van der Waals surface area contributed by atoms with Gasteiger partial charge in [-0.15, -0.1) is 11.3 Å². The van der Waals surface area contributed by atoms with E-state index in [-0.39, 0.29) is 5.56 Å². The van der Waals surface area contributed by atoms with Gasteiger partial charge in [-0.05, 0) is 24.6 Å². The van der Waals surface area contributed by atoms with Crippen molar-refractivity contribution >= 4 is 28.8 Å². The summed E-state index contributed by atoms with van der Waals surface area (Å²) in [6, 6.07) is 4.75. The standard InChI is InChI=1S/C12H9ClF2N2OS/c13-9-2-1-7(19-9)3-5-17-12(18)8-4-6-16-11(15)10(8)14/h1-2,4,6H,3,5H2,(H,17,18). The first-order valence-electron chi connectivity index (χ1n) is 5.40. The number of halogens is 3. The highest BCUT2D eigenvalue weighted by atomic mass is 35.5. The largest absolute Gasteiger partial charge is 0.352 e. The Labute approximate surface area is 117 Å². The minimum atomic E-state index is -1.28. The summed E-state index contributed by atoms with van der Waals surface area (Å²) in [5.41, 5.74) is -0.350. The van der Waals surface area contributed by atoms with Crippen LogP contribution in [0.1, 0.15) is 15.2 Å². The Morgan fingerprint density at radius 3 is 2.84 bits per heavy atom. The quantitative estimate of drug-likeness (QED) is 0.882. The fraction of sp³-hybridized carbons (Fsp3) is 0.167. The predicted octanol–water partition coefficient (Wildman–Crippen LogP) is 3.05. The molecule has 2 aromatic heterocycles. The van der Waals surface area contributed by atoms with Crippen molar-refractivity contribution in [3.63, 3.8) is 0 Å². The summed E-state index contributed by atoms with van der Waals surface area (Å²) in [7, 11) is 0. The highest BCUT2D eigenvalue weighted by molar-refractivity contribution is 7.16. The van der Waals surface area contributed by atoms with Crippen molar-refractivity contribution in [2.45, 2.75) is 6.42 Å². The molecule has 2 rings (SSSR count). The zero-order chi connectivity index (χ0) is 13.8. The maximum absolute atomic E-state index is 13.3. The van der Waals surface area contributed by atoms with Gasteiger partial charge in [0.25, 0.3) is 5.91 Å². The fourth-order valence-electron chi connectivity index (χ4n) is 1.47. The highest BCUT2D eigenvalue weighted by Crippen LogP contribution is 2.21. The van der Waals surface area contributed by atoms with Crippen LogP contribution in [0.25, 0.3) is 0 Å². The Kier molecular flexibility index (Phi) is 4.44. The summed E-state index contributed by atoms with van der Waals surface area (Å²) < 4.78 is 26.8. The van der Waals surface area contributed by atoms with E-state index in [2.05, 4.69) is 10.3 Å². The molecule has 3 nitrogen and oxygen atoms in total. The van der Waals surface area contributed by atoms with E-state index in [1.165, 1.54) is 11.3 Å². The SMILES string of the molecule is O=C(NCCc1ccc(Cl)s1)c1ccnc(F)c1F. The number of nitrogens with zero attached hydrogens (tertiary/aromatic N) is 1. The van der Waals surface area contributed by atoms with E-state index in [0.29, 0.717) is 17.3 Å². The van der Waals surface area contributed by atoms with Crippen LogP contribution in [0.3, 0.4) is 0 Å². The number of hydrogen-bond donors (Lipinski definition) is 1. The van der Waals surface area contributed by atoms with Gasteiger partial charge in [-0.25, -0.2) is 9.37 Å². The van der Waals surface area contributed by atoms with Gasteiger partial charge in [-0.3, -0.25) is 4.79 Å². The van der Waals surface area contributed by atoms with Gasteiger partial charge in [0, 0.05) is 17.6 Å². The molecular formula is C12H9ClF2N2OS. The molecule has 0 atom stereocenters. The van der Waals surface area contributed by atoms with Crippen LogP contribution in [-0.2, 0) is 6.42 Å². The summed E-state index contributed by atoms with van der Waals surface area (Å²) in [5, 5.41) is 2.51. The van der Waals surface area contributed by atoms with Gasteiger partial charge in [-0.2, -0.15) is 4.39 Å². The third kappa shape index (κ3) is 3.48. The van der Waals surface area contributed by atoms with Gasteiger partial charge in [0.05, 0.1) is 9.90 Å². The molecule has 0 radical (unpaired) electrons. The number of thiophene rings is 1. The van der Waals surface area contributed by atoms with E-state index in [1.54, 1.807) is 6.07 Å². The summed E-state index contributed by atoms with van der Waals surface area (Å²) >= 11 is 7.18. The molecule has 19 heavy (non-hydrogen) atoms. The Balaban J connectivity index is 1.93. The molecule has 0 fully saturated rings. The minimum Gasteiger partial charge on any atom is -0.352 e. The van der Waals surface area contributed by atoms with Crippen molar-refractivity contribution in [2.75, 3.05) is 6.54 Å². The maximum atomic E-state index is 13.3. The number of pyridine rings is 1. The average molecular weight is 303 g/mol. The fourth-order valence-corrected chi connectivity index (χ4v) is 2.56. The molecule has 1 amide bonds. The summed E-state index contributed by atoms with van der Waals surface area (Å²) in [6.45, 7) is 0.319. The van der Waals surface area contributed by atoms with E-state index < -0.39 is 17.7 Å². The van der Waals surface area contributed by atoms with Crippen LogP contribution in [0, 0.1) is 11.8 Å². The normalized spacial score (nSPS) is 10.5. The number of nitrogens with one attached hydrogen (secondary N) is 1. The van der Waals surface area contributed by atoms with Crippen LogP contribution >= 0.6 is 22.9 Å².